The predicted molar refractivity (Wildman–Crippen MR) is 92.2 cm³/mol. The van der Waals surface area contributed by atoms with E-state index in [1.807, 2.05) is 16.8 Å². The molecule has 8 heteroatoms. The van der Waals surface area contributed by atoms with Crippen LogP contribution in [0.3, 0.4) is 0 Å². The number of nitrogens with zero attached hydrogens (tertiary/aromatic N) is 3. The van der Waals surface area contributed by atoms with E-state index in [-0.39, 0.29) is 29.3 Å². The maximum Gasteiger partial charge on any atom is 0.267 e. The van der Waals surface area contributed by atoms with Crippen LogP contribution in [-0.2, 0) is 22.6 Å². The molecule has 1 aliphatic rings. The van der Waals surface area contributed by atoms with E-state index in [4.69, 9.17) is 16.3 Å². The molecule has 0 bridgehead atoms. The van der Waals surface area contributed by atoms with Gasteiger partial charge in [0.1, 0.15) is 11.7 Å². The average Bonchev–Trinajstić information content (AvgIpc) is 3.24. The molecule has 3 rings (SSSR count). The van der Waals surface area contributed by atoms with Gasteiger partial charge < -0.3 is 9.64 Å². The second-order valence-corrected chi connectivity index (χ2v) is 6.86. The third-order valence-corrected chi connectivity index (χ3v) is 4.81. The van der Waals surface area contributed by atoms with E-state index < -0.39 is 0 Å². The molecule has 1 amide bonds. The normalized spacial score (nSPS) is 17.1. The van der Waals surface area contributed by atoms with Crippen molar-refractivity contribution in [3.8, 4) is 0 Å². The van der Waals surface area contributed by atoms with Crippen molar-refractivity contribution in [2.24, 2.45) is 0 Å². The van der Waals surface area contributed by atoms with Crippen LogP contribution >= 0.6 is 22.9 Å². The maximum absolute atomic E-state index is 12.7. The Morgan fingerprint density at radius 2 is 2.33 bits per heavy atom. The summed E-state index contributed by atoms with van der Waals surface area (Å²) in [5.41, 5.74) is 0.720. The number of aromatic nitrogens is 2. The molecule has 2 aromatic rings. The van der Waals surface area contributed by atoms with Crippen LogP contribution in [0, 0.1) is 0 Å². The highest BCUT2D eigenvalue weighted by atomic mass is 35.5. The number of hydrogen-bond donors (Lipinski definition) is 0. The van der Waals surface area contributed by atoms with Gasteiger partial charge in [0.15, 0.2) is 0 Å². The van der Waals surface area contributed by atoms with Crippen molar-refractivity contribution in [3.05, 3.63) is 50.0 Å². The van der Waals surface area contributed by atoms with Crippen LogP contribution in [0.15, 0.2) is 33.8 Å². The number of thiophene rings is 1. The first-order chi connectivity index (χ1) is 11.6. The van der Waals surface area contributed by atoms with E-state index in [1.165, 1.54) is 12.1 Å². The van der Waals surface area contributed by atoms with Crippen molar-refractivity contribution >= 4 is 28.8 Å². The molecule has 0 aliphatic carbocycles. The summed E-state index contributed by atoms with van der Waals surface area (Å²) in [6, 6.07) is 4.72. The summed E-state index contributed by atoms with van der Waals surface area (Å²) in [4.78, 5) is 26.3. The number of halogens is 1. The number of ether oxygens (including phenoxy) is 1. The standard InChI is InChI=1S/C16H18ClN3O3S/c17-14-3-4-15(21)20(18-14)10-16(22)19(8-12-5-7-24-11-12)9-13-2-1-6-23-13/h3-5,7,11,13H,1-2,6,8-10H2. The first-order valence-corrected chi connectivity index (χ1v) is 9.08. The summed E-state index contributed by atoms with van der Waals surface area (Å²) >= 11 is 7.41. The van der Waals surface area contributed by atoms with Crippen LogP contribution in [0.25, 0.3) is 0 Å². The van der Waals surface area contributed by atoms with Gasteiger partial charge in [0.25, 0.3) is 5.56 Å². The number of carbonyl (C=O) groups excluding carboxylic acids is 1. The van der Waals surface area contributed by atoms with Crippen molar-refractivity contribution in [2.45, 2.75) is 32.0 Å². The molecule has 3 heterocycles. The molecule has 0 radical (unpaired) electrons. The van der Waals surface area contributed by atoms with Crippen molar-refractivity contribution < 1.29 is 9.53 Å². The Hall–Kier alpha value is -1.70. The van der Waals surface area contributed by atoms with Gasteiger partial charge in [0.2, 0.25) is 5.91 Å². The minimum Gasteiger partial charge on any atom is -0.376 e. The molecule has 0 spiro atoms. The second kappa shape index (κ2) is 7.92. The van der Waals surface area contributed by atoms with Crippen LogP contribution in [0.1, 0.15) is 18.4 Å². The van der Waals surface area contributed by atoms with Gasteiger partial charge in [-0.25, -0.2) is 4.68 Å². The lowest BCUT2D eigenvalue weighted by Crippen LogP contribution is -2.40. The van der Waals surface area contributed by atoms with Crippen LogP contribution in [-0.4, -0.2) is 39.8 Å². The van der Waals surface area contributed by atoms with Gasteiger partial charge >= 0.3 is 0 Å². The minimum atomic E-state index is -0.347. The maximum atomic E-state index is 12.7. The molecule has 1 aliphatic heterocycles. The van der Waals surface area contributed by atoms with Crippen molar-refractivity contribution in [3.63, 3.8) is 0 Å². The van der Waals surface area contributed by atoms with Crippen molar-refractivity contribution in [2.75, 3.05) is 13.2 Å². The molecule has 1 fully saturated rings. The number of hydrogen-bond acceptors (Lipinski definition) is 5. The molecule has 24 heavy (non-hydrogen) atoms. The van der Waals surface area contributed by atoms with Crippen LogP contribution in [0.4, 0.5) is 0 Å². The summed E-state index contributed by atoms with van der Waals surface area (Å²) in [7, 11) is 0. The van der Waals surface area contributed by atoms with Gasteiger partial charge in [-0.1, -0.05) is 11.6 Å². The Kier molecular flexibility index (Phi) is 5.65. The van der Waals surface area contributed by atoms with Crippen LogP contribution in [0.5, 0.6) is 0 Å². The topological polar surface area (TPSA) is 64.4 Å². The summed E-state index contributed by atoms with van der Waals surface area (Å²) in [5, 5.41) is 8.10. The average molecular weight is 368 g/mol. The number of rotatable bonds is 6. The van der Waals surface area contributed by atoms with Crippen molar-refractivity contribution in [1.29, 1.82) is 0 Å². The molecule has 2 aromatic heterocycles. The third-order valence-electron chi connectivity index (χ3n) is 3.87. The number of carbonyl (C=O) groups is 1. The van der Waals surface area contributed by atoms with Crippen LogP contribution < -0.4 is 5.56 Å². The quantitative estimate of drug-likeness (QED) is 0.784. The Labute approximate surface area is 148 Å². The molecule has 1 saturated heterocycles. The van der Waals surface area contributed by atoms with Gasteiger partial charge in [-0.15, -0.1) is 0 Å². The summed E-state index contributed by atoms with van der Waals surface area (Å²) in [6.07, 6.45) is 2.01. The van der Waals surface area contributed by atoms with E-state index in [0.717, 1.165) is 29.7 Å². The van der Waals surface area contributed by atoms with Gasteiger partial charge in [0.05, 0.1) is 6.10 Å². The van der Waals surface area contributed by atoms with Gasteiger partial charge in [-0.05, 0) is 41.3 Å². The Morgan fingerprint density at radius 3 is 3.04 bits per heavy atom. The number of amides is 1. The highest BCUT2D eigenvalue weighted by Crippen LogP contribution is 2.16. The van der Waals surface area contributed by atoms with Gasteiger partial charge in [-0.3, -0.25) is 9.59 Å². The molecular weight excluding hydrogens is 350 g/mol. The molecule has 0 saturated carbocycles. The molecule has 128 valence electrons. The highest BCUT2D eigenvalue weighted by Gasteiger charge is 2.23. The monoisotopic (exact) mass is 367 g/mol. The molecule has 0 N–H and O–H groups in total. The summed E-state index contributed by atoms with van der Waals surface area (Å²) < 4.78 is 6.75. The zero-order chi connectivity index (χ0) is 16.9. The lowest BCUT2D eigenvalue weighted by atomic mass is 10.2. The van der Waals surface area contributed by atoms with E-state index in [1.54, 1.807) is 16.2 Å². The Bertz CT molecular complexity index is 741. The molecule has 1 unspecified atom stereocenters. The SMILES string of the molecule is O=C(Cn1nc(Cl)ccc1=O)N(Cc1ccsc1)CC1CCCO1. The molecule has 6 nitrogen and oxygen atoms in total. The van der Waals surface area contributed by atoms with E-state index in [2.05, 4.69) is 5.10 Å². The first-order valence-electron chi connectivity index (χ1n) is 7.76. The molecular formula is C16H18ClN3O3S. The van der Waals surface area contributed by atoms with Gasteiger partial charge in [-0.2, -0.15) is 16.4 Å². The van der Waals surface area contributed by atoms with E-state index in [9.17, 15) is 9.59 Å². The minimum absolute atomic E-state index is 0.0524. The smallest absolute Gasteiger partial charge is 0.267 e. The van der Waals surface area contributed by atoms with E-state index >= 15 is 0 Å². The zero-order valence-corrected chi connectivity index (χ0v) is 14.6. The van der Waals surface area contributed by atoms with E-state index in [0.29, 0.717) is 13.1 Å². The lowest BCUT2D eigenvalue weighted by molar-refractivity contribution is -0.134. The Balaban J connectivity index is 1.74. The fraction of sp³-hybridized carbons (Fsp3) is 0.438. The third kappa shape index (κ3) is 4.43. The predicted octanol–water partition coefficient (Wildman–Crippen LogP) is 2.17. The van der Waals surface area contributed by atoms with Crippen LogP contribution in [0.2, 0.25) is 5.15 Å². The Morgan fingerprint density at radius 1 is 1.46 bits per heavy atom. The molecule has 1 atom stereocenters. The highest BCUT2D eigenvalue weighted by molar-refractivity contribution is 7.07. The summed E-state index contributed by atoms with van der Waals surface area (Å²) in [6.45, 7) is 1.62. The summed E-state index contributed by atoms with van der Waals surface area (Å²) in [5.74, 6) is -0.173. The molecule has 0 aromatic carbocycles. The van der Waals surface area contributed by atoms with Crippen molar-refractivity contribution in [1.82, 2.24) is 14.7 Å². The van der Waals surface area contributed by atoms with Gasteiger partial charge in [0, 0.05) is 25.8 Å². The lowest BCUT2D eigenvalue weighted by Gasteiger charge is -2.25. The zero-order valence-electron chi connectivity index (χ0n) is 13.1. The largest absolute Gasteiger partial charge is 0.376 e. The fourth-order valence-corrected chi connectivity index (χ4v) is 3.47. The first kappa shape index (κ1) is 17.1. The fourth-order valence-electron chi connectivity index (χ4n) is 2.66. The second-order valence-electron chi connectivity index (χ2n) is 5.69.